The summed E-state index contributed by atoms with van der Waals surface area (Å²) in [5.41, 5.74) is 0. The summed E-state index contributed by atoms with van der Waals surface area (Å²) in [5.74, 6) is 0. The van der Waals surface area contributed by atoms with E-state index in [0.717, 1.165) is 0 Å². The fraction of sp³-hybridized carbons (Fsp3) is 0.889. The molecule has 0 atom stereocenters. The van der Waals surface area contributed by atoms with Crippen LogP contribution in [0.15, 0.2) is 24.3 Å². The molecule has 0 spiro atoms. The molecule has 214 valence electrons. The van der Waals surface area contributed by atoms with Crippen LogP contribution < -0.4 is 0 Å². The number of allylic oxidation sites excluding steroid dienone is 4. The van der Waals surface area contributed by atoms with E-state index in [2.05, 4.69) is 38.2 Å². The Morgan fingerprint density at radius 1 is 0.222 bits per heavy atom. The molecule has 36 heavy (non-hydrogen) atoms. The van der Waals surface area contributed by atoms with Gasteiger partial charge in [-0.15, -0.1) is 0 Å². The lowest BCUT2D eigenvalue weighted by molar-refractivity contribution is 0.536. The fourth-order valence-electron chi connectivity index (χ4n) is 5.20. The summed E-state index contributed by atoms with van der Waals surface area (Å²) >= 11 is 0. The average Bonchev–Trinajstić information content (AvgIpc) is 2.89. The molecule has 0 aromatic carbocycles. The third-order valence-electron chi connectivity index (χ3n) is 7.77. The Morgan fingerprint density at radius 2 is 0.389 bits per heavy atom. The molecule has 0 nitrogen and oxygen atoms in total. The first-order valence-corrected chi connectivity index (χ1v) is 17.2. The molecule has 0 N–H and O–H groups in total. The van der Waals surface area contributed by atoms with Gasteiger partial charge in [-0.1, -0.05) is 179 Å². The second-order valence-corrected chi connectivity index (χ2v) is 11.6. The first-order valence-electron chi connectivity index (χ1n) is 17.2. The van der Waals surface area contributed by atoms with Gasteiger partial charge in [0.15, 0.2) is 0 Å². The van der Waals surface area contributed by atoms with Crippen molar-refractivity contribution < 1.29 is 0 Å². The molecule has 0 rings (SSSR count). The van der Waals surface area contributed by atoms with E-state index in [0.29, 0.717) is 0 Å². The van der Waals surface area contributed by atoms with Crippen molar-refractivity contribution in [2.24, 2.45) is 0 Å². The van der Waals surface area contributed by atoms with Gasteiger partial charge in [-0.05, 0) is 51.4 Å². The Morgan fingerprint density at radius 3 is 0.611 bits per heavy atom. The van der Waals surface area contributed by atoms with Crippen molar-refractivity contribution in [2.75, 3.05) is 0 Å². The highest BCUT2D eigenvalue weighted by Gasteiger charge is 1.94. The standard InChI is InChI=1S/C36H70/c1-3-5-7-9-11-13-15-17-19-21-23-25-27-29-31-33-35-36-34-32-30-28-26-24-22-20-18-16-14-12-10-8-6-4-2/h13,15,34,36H,3-12,14,16-33,35H2,1-2H3/b15-13+,36-34?. The fourth-order valence-corrected chi connectivity index (χ4v) is 5.20. The third kappa shape index (κ3) is 33.5. The first kappa shape index (κ1) is 35.5. The van der Waals surface area contributed by atoms with Gasteiger partial charge in [0.2, 0.25) is 0 Å². The Labute approximate surface area is 230 Å². The average molecular weight is 503 g/mol. The van der Waals surface area contributed by atoms with Crippen LogP contribution >= 0.6 is 0 Å². The summed E-state index contributed by atoms with van der Waals surface area (Å²) in [7, 11) is 0. The summed E-state index contributed by atoms with van der Waals surface area (Å²) in [6.45, 7) is 4.59. The van der Waals surface area contributed by atoms with E-state index < -0.39 is 0 Å². The lowest BCUT2D eigenvalue weighted by Gasteiger charge is -2.03. The Hall–Kier alpha value is -0.520. The molecular formula is C36H70. The molecule has 0 radical (unpaired) electrons. The minimum Gasteiger partial charge on any atom is -0.0885 e. The van der Waals surface area contributed by atoms with E-state index in [4.69, 9.17) is 0 Å². The van der Waals surface area contributed by atoms with Crippen molar-refractivity contribution in [2.45, 2.75) is 206 Å². The van der Waals surface area contributed by atoms with Crippen LogP contribution in [0, 0.1) is 0 Å². The summed E-state index contributed by atoms with van der Waals surface area (Å²) in [5, 5.41) is 0. The monoisotopic (exact) mass is 503 g/mol. The van der Waals surface area contributed by atoms with Gasteiger partial charge in [-0.25, -0.2) is 0 Å². The van der Waals surface area contributed by atoms with E-state index in [-0.39, 0.29) is 0 Å². The highest BCUT2D eigenvalue weighted by molar-refractivity contribution is 4.82. The molecule has 0 fully saturated rings. The molecule has 0 aromatic heterocycles. The molecule has 0 amide bonds. The molecule has 0 heterocycles. The summed E-state index contributed by atoms with van der Waals surface area (Å²) in [6.07, 6.45) is 52.4. The molecule has 0 aliphatic rings. The highest BCUT2D eigenvalue weighted by Crippen LogP contribution is 2.14. The van der Waals surface area contributed by atoms with Gasteiger partial charge in [0, 0.05) is 0 Å². The van der Waals surface area contributed by atoms with Gasteiger partial charge in [-0.2, -0.15) is 0 Å². The predicted octanol–water partition coefficient (Wildman–Crippen LogP) is 13.8. The number of unbranched alkanes of at least 4 members (excludes halogenated alkanes) is 27. The first-order chi connectivity index (χ1) is 17.9. The highest BCUT2D eigenvalue weighted by atomic mass is 14.0. The second kappa shape index (κ2) is 34.5. The molecular weight excluding hydrogens is 432 g/mol. The van der Waals surface area contributed by atoms with Crippen LogP contribution in [-0.2, 0) is 0 Å². The zero-order chi connectivity index (χ0) is 26.0. The van der Waals surface area contributed by atoms with Crippen LogP contribution in [0.3, 0.4) is 0 Å². The van der Waals surface area contributed by atoms with E-state index in [1.807, 2.05) is 0 Å². The lowest BCUT2D eigenvalue weighted by atomic mass is 10.0. The minimum absolute atomic E-state index is 1.30. The van der Waals surface area contributed by atoms with Crippen molar-refractivity contribution in [3.05, 3.63) is 24.3 Å². The Balaban J connectivity index is 3.11. The maximum atomic E-state index is 2.46. The van der Waals surface area contributed by atoms with Crippen molar-refractivity contribution >= 4 is 0 Å². The summed E-state index contributed by atoms with van der Waals surface area (Å²) < 4.78 is 0. The summed E-state index contributed by atoms with van der Waals surface area (Å²) in [4.78, 5) is 0. The molecule has 0 aliphatic carbocycles. The van der Waals surface area contributed by atoms with Crippen molar-refractivity contribution in [1.82, 2.24) is 0 Å². The van der Waals surface area contributed by atoms with Crippen LogP contribution in [0.4, 0.5) is 0 Å². The lowest BCUT2D eigenvalue weighted by Crippen LogP contribution is -1.83. The normalized spacial score (nSPS) is 11.9. The number of rotatable bonds is 31. The SMILES string of the molecule is CCCCCC/C=C/CCCCCCCCCCC=CCCCCCCCCCCCCCCCC. The van der Waals surface area contributed by atoms with E-state index in [9.17, 15) is 0 Å². The van der Waals surface area contributed by atoms with E-state index >= 15 is 0 Å². The van der Waals surface area contributed by atoms with Crippen LogP contribution in [0.2, 0.25) is 0 Å². The number of hydrogen-bond acceptors (Lipinski definition) is 0. The van der Waals surface area contributed by atoms with Crippen LogP contribution in [-0.4, -0.2) is 0 Å². The zero-order valence-corrected chi connectivity index (χ0v) is 25.5. The molecule has 0 aromatic rings. The van der Waals surface area contributed by atoms with Gasteiger partial charge >= 0.3 is 0 Å². The maximum Gasteiger partial charge on any atom is -0.0351 e. The Kier molecular flexibility index (Phi) is 34.0. The molecule has 0 aliphatic heterocycles. The van der Waals surface area contributed by atoms with Crippen molar-refractivity contribution in [1.29, 1.82) is 0 Å². The maximum absolute atomic E-state index is 2.46. The molecule has 0 unspecified atom stereocenters. The van der Waals surface area contributed by atoms with Gasteiger partial charge < -0.3 is 0 Å². The smallest absolute Gasteiger partial charge is 0.0351 e. The van der Waals surface area contributed by atoms with Crippen molar-refractivity contribution in [3.63, 3.8) is 0 Å². The topological polar surface area (TPSA) is 0 Å². The van der Waals surface area contributed by atoms with Crippen LogP contribution in [0.25, 0.3) is 0 Å². The third-order valence-corrected chi connectivity index (χ3v) is 7.77. The van der Waals surface area contributed by atoms with Gasteiger partial charge in [0.05, 0.1) is 0 Å². The number of hydrogen-bond donors (Lipinski definition) is 0. The van der Waals surface area contributed by atoms with E-state index in [1.165, 1.54) is 193 Å². The van der Waals surface area contributed by atoms with Gasteiger partial charge in [-0.3, -0.25) is 0 Å². The van der Waals surface area contributed by atoms with Gasteiger partial charge in [0.1, 0.15) is 0 Å². The quantitative estimate of drug-likeness (QED) is 0.0653. The summed E-state index contributed by atoms with van der Waals surface area (Å²) in [6, 6.07) is 0. The predicted molar refractivity (Wildman–Crippen MR) is 168 cm³/mol. The minimum atomic E-state index is 1.30. The van der Waals surface area contributed by atoms with E-state index in [1.54, 1.807) is 0 Å². The Bertz CT molecular complexity index is 418. The van der Waals surface area contributed by atoms with Gasteiger partial charge in [0.25, 0.3) is 0 Å². The molecule has 0 saturated carbocycles. The van der Waals surface area contributed by atoms with Crippen LogP contribution in [0.1, 0.15) is 206 Å². The molecule has 0 heteroatoms. The van der Waals surface area contributed by atoms with Crippen molar-refractivity contribution in [3.8, 4) is 0 Å². The zero-order valence-electron chi connectivity index (χ0n) is 25.5. The molecule has 0 saturated heterocycles. The molecule has 0 bridgehead atoms. The van der Waals surface area contributed by atoms with Crippen LogP contribution in [0.5, 0.6) is 0 Å². The largest absolute Gasteiger partial charge is 0.0885 e. The second-order valence-electron chi connectivity index (χ2n) is 11.6.